The highest BCUT2D eigenvalue weighted by Crippen LogP contribution is 2.16. The van der Waals surface area contributed by atoms with Gasteiger partial charge in [-0.05, 0) is 6.92 Å². The van der Waals surface area contributed by atoms with Gasteiger partial charge in [0.15, 0.2) is 5.69 Å². The van der Waals surface area contributed by atoms with Gasteiger partial charge in [-0.3, -0.25) is 4.79 Å². The Morgan fingerprint density at radius 1 is 1.04 bits per heavy atom. The van der Waals surface area contributed by atoms with Crippen molar-refractivity contribution in [3.05, 3.63) is 11.4 Å². The maximum Gasteiger partial charge on any atom is 0.282 e. The summed E-state index contributed by atoms with van der Waals surface area (Å²) in [6.07, 6.45) is 0. The van der Waals surface area contributed by atoms with E-state index in [2.05, 4.69) is 8.75 Å². The number of amides is 1. The summed E-state index contributed by atoms with van der Waals surface area (Å²) in [5.74, 6) is -0.181. The van der Waals surface area contributed by atoms with Gasteiger partial charge in [0.25, 0.3) is 16.1 Å². The van der Waals surface area contributed by atoms with Crippen LogP contribution >= 0.6 is 11.7 Å². The molecular formula is C12H19N5O4S2. The number of aromatic nitrogens is 2. The second-order valence-corrected chi connectivity index (χ2v) is 7.87. The largest absolute Gasteiger partial charge is 0.379 e. The van der Waals surface area contributed by atoms with Crippen LogP contribution in [-0.4, -0.2) is 89.1 Å². The third kappa shape index (κ3) is 3.38. The number of hydrogen-bond acceptors (Lipinski definition) is 7. The minimum atomic E-state index is -3.47. The van der Waals surface area contributed by atoms with E-state index in [-0.39, 0.29) is 5.91 Å². The summed E-state index contributed by atoms with van der Waals surface area (Å²) in [5.41, 5.74) is 0.975. The molecule has 3 rings (SSSR count). The Labute approximate surface area is 139 Å². The summed E-state index contributed by atoms with van der Waals surface area (Å²) < 4.78 is 41.2. The molecule has 0 bridgehead atoms. The molecule has 1 aromatic heterocycles. The van der Waals surface area contributed by atoms with Crippen molar-refractivity contribution in [2.75, 3.05) is 52.5 Å². The molecule has 1 aromatic rings. The normalized spacial score (nSPS) is 21.5. The first kappa shape index (κ1) is 16.7. The molecule has 0 radical (unpaired) electrons. The van der Waals surface area contributed by atoms with Gasteiger partial charge < -0.3 is 9.64 Å². The van der Waals surface area contributed by atoms with Gasteiger partial charge in [0.05, 0.1) is 30.6 Å². The zero-order valence-corrected chi connectivity index (χ0v) is 14.5. The molecule has 9 nitrogen and oxygen atoms in total. The Morgan fingerprint density at radius 2 is 1.65 bits per heavy atom. The monoisotopic (exact) mass is 361 g/mol. The summed E-state index contributed by atoms with van der Waals surface area (Å²) in [7, 11) is -3.47. The van der Waals surface area contributed by atoms with E-state index >= 15 is 0 Å². The van der Waals surface area contributed by atoms with Crippen molar-refractivity contribution >= 4 is 27.8 Å². The third-order valence-corrected chi connectivity index (χ3v) is 6.66. The predicted octanol–water partition coefficient (Wildman–Crippen LogP) is -0.819. The highest BCUT2D eigenvalue weighted by molar-refractivity contribution is 7.86. The van der Waals surface area contributed by atoms with Crippen molar-refractivity contribution in [3.8, 4) is 0 Å². The molecule has 0 unspecified atom stereocenters. The number of piperazine rings is 1. The fourth-order valence-electron chi connectivity index (χ4n) is 2.64. The Bertz CT molecular complexity index is 663. The van der Waals surface area contributed by atoms with Gasteiger partial charge in [-0.1, -0.05) is 0 Å². The second kappa shape index (κ2) is 6.77. The fraction of sp³-hybridized carbons (Fsp3) is 0.750. The van der Waals surface area contributed by atoms with E-state index < -0.39 is 10.2 Å². The standard InChI is InChI=1S/C12H19N5O4S2/c1-10-11(14-22-13-10)12(18)15-2-4-16(5-3-15)23(19,20)17-6-8-21-9-7-17/h2-9H2,1H3. The van der Waals surface area contributed by atoms with Gasteiger partial charge in [-0.2, -0.15) is 25.8 Å². The van der Waals surface area contributed by atoms with Crippen LogP contribution in [-0.2, 0) is 14.9 Å². The first-order valence-corrected chi connectivity index (χ1v) is 9.54. The molecule has 2 aliphatic rings. The Kier molecular flexibility index (Phi) is 4.92. The van der Waals surface area contributed by atoms with Crippen LogP contribution in [0.3, 0.4) is 0 Å². The van der Waals surface area contributed by atoms with Crippen LogP contribution < -0.4 is 0 Å². The fourth-order valence-corrected chi connectivity index (χ4v) is 4.74. The lowest BCUT2D eigenvalue weighted by Gasteiger charge is -2.37. The number of hydrogen-bond donors (Lipinski definition) is 0. The highest BCUT2D eigenvalue weighted by atomic mass is 32.2. The SMILES string of the molecule is Cc1nsnc1C(=O)N1CCN(S(=O)(=O)N2CCOCC2)CC1. The maximum atomic E-state index is 12.6. The maximum absolute atomic E-state index is 12.6. The predicted molar refractivity (Wildman–Crippen MR) is 83.4 cm³/mol. The van der Waals surface area contributed by atoms with Crippen molar-refractivity contribution in [2.24, 2.45) is 0 Å². The summed E-state index contributed by atoms with van der Waals surface area (Å²) in [6.45, 7) is 4.66. The van der Waals surface area contributed by atoms with E-state index in [4.69, 9.17) is 4.74 Å². The zero-order chi connectivity index (χ0) is 16.4. The molecule has 23 heavy (non-hydrogen) atoms. The molecule has 3 heterocycles. The molecule has 1 amide bonds. The Morgan fingerprint density at radius 3 is 2.22 bits per heavy atom. The van der Waals surface area contributed by atoms with E-state index in [9.17, 15) is 13.2 Å². The zero-order valence-electron chi connectivity index (χ0n) is 12.8. The van der Waals surface area contributed by atoms with Crippen LogP contribution in [0.25, 0.3) is 0 Å². The molecule has 0 spiro atoms. The van der Waals surface area contributed by atoms with Crippen molar-refractivity contribution in [1.29, 1.82) is 0 Å². The lowest BCUT2D eigenvalue weighted by Crippen LogP contribution is -2.55. The van der Waals surface area contributed by atoms with Crippen LogP contribution in [0.5, 0.6) is 0 Å². The lowest BCUT2D eigenvalue weighted by molar-refractivity contribution is 0.0633. The first-order chi connectivity index (χ1) is 11.0. The van der Waals surface area contributed by atoms with Crippen LogP contribution in [0.2, 0.25) is 0 Å². The summed E-state index contributed by atoms with van der Waals surface area (Å²) in [5, 5.41) is 0. The molecule has 0 aliphatic carbocycles. The minimum absolute atomic E-state index is 0.181. The first-order valence-electron chi connectivity index (χ1n) is 7.41. The smallest absolute Gasteiger partial charge is 0.282 e. The molecule has 0 aromatic carbocycles. The number of nitrogens with zero attached hydrogens (tertiary/aromatic N) is 5. The summed E-state index contributed by atoms with van der Waals surface area (Å²) >= 11 is 1.01. The molecule has 2 fully saturated rings. The van der Waals surface area contributed by atoms with Gasteiger partial charge in [0.2, 0.25) is 0 Å². The topological polar surface area (TPSA) is 95.9 Å². The lowest BCUT2D eigenvalue weighted by atomic mass is 10.2. The summed E-state index contributed by atoms with van der Waals surface area (Å²) in [6, 6.07) is 0. The third-order valence-electron chi connectivity index (χ3n) is 4.00. The van der Waals surface area contributed by atoms with Crippen LogP contribution in [0, 0.1) is 6.92 Å². The average molecular weight is 361 g/mol. The molecule has 0 saturated carbocycles. The van der Waals surface area contributed by atoms with E-state index in [1.165, 1.54) is 8.61 Å². The van der Waals surface area contributed by atoms with Gasteiger partial charge in [0, 0.05) is 39.3 Å². The number of ether oxygens (including phenoxy) is 1. The Balaban J connectivity index is 1.62. The van der Waals surface area contributed by atoms with Crippen LogP contribution in [0.15, 0.2) is 0 Å². The highest BCUT2D eigenvalue weighted by Gasteiger charge is 2.34. The number of morpholine rings is 1. The van der Waals surface area contributed by atoms with E-state index in [0.29, 0.717) is 63.9 Å². The van der Waals surface area contributed by atoms with E-state index in [1.54, 1.807) is 11.8 Å². The Hall–Kier alpha value is -1.14. The minimum Gasteiger partial charge on any atom is -0.379 e. The van der Waals surface area contributed by atoms with E-state index in [1.807, 2.05) is 0 Å². The van der Waals surface area contributed by atoms with E-state index in [0.717, 1.165) is 11.7 Å². The van der Waals surface area contributed by atoms with Gasteiger partial charge in [-0.15, -0.1) is 0 Å². The molecule has 2 aliphatic heterocycles. The van der Waals surface area contributed by atoms with Gasteiger partial charge in [-0.25, -0.2) is 0 Å². The molecule has 0 N–H and O–H groups in total. The quantitative estimate of drug-likeness (QED) is 0.698. The van der Waals surface area contributed by atoms with Crippen molar-refractivity contribution < 1.29 is 17.9 Å². The number of carbonyl (C=O) groups excluding carboxylic acids is 1. The van der Waals surface area contributed by atoms with Crippen LogP contribution in [0.1, 0.15) is 16.2 Å². The van der Waals surface area contributed by atoms with Gasteiger partial charge >= 0.3 is 0 Å². The average Bonchev–Trinajstić information content (AvgIpc) is 3.01. The number of carbonyl (C=O) groups is 1. The molecular weight excluding hydrogens is 342 g/mol. The number of rotatable bonds is 3. The van der Waals surface area contributed by atoms with Crippen molar-refractivity contribution in [2.45, 2.75) is 6.92 Å². The molecule has 128 valence electrons. The second-order valence-electron chi connectivity index (χ2n) is 5.41. The molecule has 0 atom stereocenters. The summed E-state index contributed by atoms with van der Waals surface area (Å²) in [4.78, 5) is 14.0. The van der Waals surface area contributed by atoms with Crippen molar-refractivity contribution in [1.82, 2.24) is 22.3 Å². The van der Waals surface area contributed by atoms with Crippen molar-refractivity contribution in [3.63, 3.8) is 0 Å². The van der Waals surface area contributed by atoms with Gasteiger partial charge in [0.1, 0.15) is 0 Å². The number of aryl methyl sites for hydroxylation is 1. The van der Waals surface area contributed by atoms with Crippen LogP contribution in [0.4, 0.5) is 0 Å². The molecule has 11 heteroatoms. The molecule has 2 saturated heterocycles.